The smallest absolute Gasteiger partial charge is 0.336 e. The molecule has 2 N–H and O–H groups in total. The molecule has 1 atom stereocenters. The first kappa shape index (κ1) is 39.3. The van der Waals surface area contributed by atoms with Crippen molar-refractivity contribution < 1.29 is 38.3 Å². The number of hydrogen-bond donors (Lipinski definition) is 2. The standard InChI is InChI=1S/C21H21ClO6.C21H21ClO4.2CH4/c1-25-21(18-14-2-3-17(24)26-16(14)9-15(23)19(18)22)20(27-28-21)12-5-10-4-11(7-12)8-13(20)6-10;1-25-21(18-12-5-10-4-11(7-12)8-13(18)6-10)19-14-2-3-17(24)26-16(14)9-15(23)20(19)22;;/h2-3,9-13,23H,4-8H2,1H3;2-3,9-13,23H,4-8H2,1H3;2*1H4. The third-order valence-corrected chi connectivity index (χ3v) is 14.9. The first-order valence-corrected chi connectivity index (χ1v) is 19.9. The lowest BCUT2D eigenvalue weighted by Crippen LogP contribution is -2.76. The van der Waals surface area contributed by atoms with E-state index < -0.39 is 22.6 Å². The molecule has 4 aromatic rings. The number of phenolic OH excluding ortho intramolecular Hbond substituents is 2. The Morgan fingerprint density at radius 2 is 1.16 bits per heavy atom. The minimum Gasteiger partial charge on any atom is -0.506 e. The molecule has 56 heavy (non-hydrogen) atoms. The van der Waals surface area contributed by atoms with Gasteiger partial charge in [0.05, 0.1) is 22.7 Å². The summed E-state index contributed by atoms with van der Waals surface area (Å²) in [5.41, 5.74) is 1.46. The topological polar surface area (TPSA) is 138 Å². The number of allylic oxidation sites excluding steroid dienone is 1. The molecule has 1 aliphatic heterocycles. The second kappa shape index (κ2) is 14.1. The SMILES string of the molecule is C.C.COC(=C1C2CC3CC(C2)CC1C3)c1c(Cl)c(O)cc2oc(=O)ccc12.COC1(c2c(Cl)c(O)cc3oc(=O)ccc23)OOC12C1CC3CC(C1)CC2C3. The number of benzene rings is 2. The molecule has 9 aliphatic rings. The number of phenols is 2. The molecule has 9 fully saturated rings. The van der Waals surface area contributed by atoms with Crippen molar-refractivity contribution in [3.8, 4) is 11.5 Å². The van der Waals surface area contributed by atoms with Gasteiger partial charge in [0.1, 0.15) is 28.4 Å². The molecule has 1 spiro atoms. The fourth-order valence-electron chi connectivity index (χ4n) is 12.6. The van der Waals surface area contributed by atoms with Crippen LogP contribution in [0, 0.1) is 47.3 Å². The number of halogens is 2. The molecule has 1 unspecified atom stereocenters. The molecule has 300 valence electrons. The lowest BCUT2D eigenvalue weighted by molar-refractivity contribution is -0.645. The number of fused-ring (bicyclic) bond motifs is 2. The Bertz CT molecular complexity index is 2300. The fraction of sp³-hybridized carbons (Fsp3) is 0.545. The summed E-state index contributed by atoms with van der Waals surface area (Å²) < 4.78 is 22.6. The van der Waals surface area contributed by atoms with Crippen molar-refractivity contribution in [2.24, 2.45) is 47.3 Å². The summed E-state index contributed by atoms with van der Waals surface area (Å²) in [5.74, 6) is 4.08. The van der Waals surface area contributed by atoms with Crippen LogP contribution < -0.4 is 11.3 Å². The van der Waals surface area contributed by atoms with Gasteiger partial charge in [0.25, 0.3) is 5.79 Å². The molecule has 2 aromatic heterocycles. The van der Waals surface area contributed by atoms with Gasteiger partial charge in [0.15, 0.2) is 5.60 Å². The van der Waals surface area contributed by atoms with Gasteiger partial charge in [-0.2, -0.15) is 4.89 Å². The Morgan fingerprint density at radius 3 is 1.64 bits per heavy atom. The van der Waals surface area contributed by atoms with Crippen molar-refractivity contribution in [3.05, 3.63) is 84.0 Å². The predicted molar refractivity (Wildman–Crippen MR) is 213 cm³/mol. The average molecular weight is 810 g/mol. The van der Waals surface area contributed by atoms with Crippen molar-refractivity contribution >= 4 is 50.9 Å². The first-order chi connectivity index (χ1) is 26.0. The van der Waals surface area contributed by atoms with Crippen molar-refractivity contribution in [2.45, 2.75) is 90.4 Å². The van der Waals surface area contributed by atoms with Gasteiger partial charge < -0.3 is 28.5 Å². The van der Waals surface area contributed by atoms with Crippen molar-refractivity contribution in [3.63, 3.8) is 0 Å². The zero-order chi connectivity index (χ0) is 37.3. The van der Waals surface area contributed by atoms with Crippen LogP contribution in [0.3, 0.4) is 0 Å². The molecule has 0 radical (unpaired) electrons. The highest BCUT2D eigenvalue weighted by Gasteiger charge is 2.77. The van der Waals surface area contributed by atoms with Crippen LogP contribution in [-0.4, -0.2) is 30.0 Å². The summed E-state index contributed by atoms with van der Waals surface area (Å²) in [7, 11) is 3.25. The van der Waals surface area contributed by atoms with E-state index in [9.17, 15) is 19.8 Å². The molecule has 10 nitrogen and oxygen atoms in total. The molecular weight excluding hydrogens is 759 g/mol. The highest BCUT2D eigenvalue weighted by atomic mass is 35.5. The summed E-state index contributed by atoms with van der Waals surface area (Å²) in [6.45, 7) is 0. The zero-order valence-electron chi connectivity index (χ0n) is 30.1. The maximum atomic E-state index is 11.7. The lowest BCUT2D eigenvalue weighted by Gasteiger charge is -2.68. The minimum absolute atomic E-state index is 0. The third kappa shape index (κ3) is 5.53. The second-order valence-electron chi connectivity index (χ2n) is 16.9. The number of hydrogen-bond acceptors (Lipinski definition) is 10. The Morgan fingerprint density at radius 1 is 0.679 bits per heavy atom. The van der Waals surface area contributed by atoms with Crippen molar-refractivity contribution in [1.82, 2.24) is 0 Å². The van der Waals surface area contributed by atoms with E-state index in [1.807, 2.05) is 0 Å². The first-order valence-electron chi connectivity index (χ1n) is 19.1. The highest BCUT2D eigenvalue weighted by molar-refractivity contribution is 6.35. The maximum Gasteiger partial charge on any atom is 0.336 e. The molecule has 12 heteroatoms. The number of methoxy groups -OCH3 is 2. The van der Waals surface area contributed by atoms with E-state index in [1.165, 1.54) is 68.4 Å². The molecule has 0 amide bonds. The van der Waals surface area contributed by atoms with E-state index in [1.54, 1.807) is 26.4 Å². The third-order valence-electron chi connectivity index (χ3n) is 14.2. The summed E-state index contributed by atoms with van der Waals surface area (Å²) in [4.78, 5) is 35.1. The second-order valence-corrected chi connectivity index (χ2v) is 17.6. The Labute approximate surface area is 335 Å². The summed E-state index contributed by atoms with van der Waals surface area (Å²) in [5, 5.41) is 22.4. The number of aromatic hydroxyl groups is 2. The molecule has 8 aliphatic carbocycles. The van der Waals surface area contributed by atoms with E-state index in [0.29, 0.717) is 51.2 Å². The Hall–Kier alpha value is -3.54. The molecule has 1 saturated heterocycles. The number of rotatable bonds is 4. The summed E-state index contributed by atoms with van der Waals surface area (Å²) in [6, 6.07) is 8.83. The van der Waals surface area contributed by atoms with E-state index >= 15 is 0 Å². The molecule has 8 saturated carbocycles. The quantitative estimate of drug-likeness (QED) is 0.116. The maximum absolute atomic E-state index is 11.7. The molecular formula is C44H50Cl2O10. The van der Waals surface area contributed by atoms with Gasteiger partial charge in [-0.1, -0.05) is 38.1 Å². The van der Waals surface area contributed by atoms with Crippen LogP contribution in [0.1, 0.15) is 90.2 Å². The molecule has 8 bridgehead atoms. The van der Waals surface area contributed by atoms with Gasteiger partial charge in [-0.05, 0) is 129 Å². The number of ether oxygens (including phenoxy) is 2. The Kier molecular flexibility index (Phi) is 9.88. The summed E-state index contributed by atoms with van der Waals surface area (Å²) in [6.07, 6.45) is 11.9. The highest BCUT2D eigenvalue weighted by Crippen LogP contribution is 2.70. The van der Waals surface area contributed by atoms with Gasteiger partial charge in [-0.3, -0.25) is 0 Å². The Balaban J connectivity index is 0.000000152. The van der Waals surface area contributed by atoms with Crippen molar-refractivity contribution in [1.29, 1.82) is 0 Å². The van der Waals surface area contributed by atoms with E-state index in [-0.39, 0.29) is 42.0 Å². The largest absolute Gasteiger partial charge is 0.506 e. The summed E-state index contributed by atoms with van der Waals surface area (Å²) >= 11 is 13.1. The normalized spacial score (nSPS) is 34.1. The van der Waals surface area contributed by atoms with Crippen LogP contribution in [0.25, 0.3) is 27.7 Å². The van der Waals surface area contributed by atoms with Crippen LogP contribution in [0.15, 0.2) is 60.4 Å². The van der Waals surface area contributed by atoms with Gasteiger partial charge in [0, 0.05) is 47.7 Å². The van der Waals surface area contributed by atoms with E-state index in [2.05, 4.69) is 0 Å². The monoisotopic (exact) mass is 808 g/mol. The van der Waals surface area contributed by atoms with Crippen molar-refractivity contribution in [2.75, 3.05) is 14.2 Å². The van der Waals surface area contributed by atoms with Crippen LogP contribution in [0.2, 0.25) is 10.0 Å². The van der Waals surface area contributed by atoms with Crippen LogP contribution in [-0.2, 0) is 25.0 Å². The zero-order valence-corrected chi connectivity index (χ0v) is 31.6. The average Bonchev–Trinajstić information content (AvgIpc) is 3.12. The van der Waals surface area contributed by atoms with Crippen LogP contribution in [0.5, 0.6) is 11.5 Å². The minimum atomic E-state index is -1.25. The van der Waals surface area contributed by atoms with Gasteiger partial charge in [0.2, 0.25) is 0 Å². The molecule has 2 aromatic carbocycles. The molecule has 13 rings (SSSR count). The van der Waals surface area contributed by atoms with Crippen LogP contribution >= 0.6 is 23.2 Å². The van der Waals surface area contributed by atoms with Gasteiger partial charge >= 0.3 is 11.3 Å². The van der Waals surface area contributed by atoms with Gasteiger partial charge in [-0.15, -0.1) is 0 Å². The van der Waals surface area contributed by atoms with E-state index in [0.717, 1.165) is 55.1 Å². The molecule has 3 heterocycles. The van der Waals surface area contributed by atoms with E-state index in [4.69, 9.17) is 51.3 Å². The van der Waals surface area contributed by atoms with Gasteiger partial charge in [-0.25, -0.2) is 14.5 Å². The lowest BCUT2D eigenvalue weighted by atomic mass is 9.47. The van der Waals surface area contributed by atoms with Crippen LogP contribution in [0.4, 0.5) is 0 Å². The predicted octanol–water partition coefficient (Wildman–Crippen LogP) is 10.3. The fourth-order valence-corrected chi connectivity index (χ4v) is 13.2.